The zero-order valence-corrected chi connectivity index (χ0v) is 6.76. The third kappa shape index (κ3) is 1.68. The van der Waals surface area contributed by atoms with Crippen molar-refractivity contribution < 1.29 is 0 Å². The van der Waals surface area contributed by atoms with Crippen LogP contribution in [0.5, 0.6) is 0 Å². The molecule has 40 valence electrons. The second-order valence-electron chi connectivity index (χ2n) is 1.15. The minimum atomic E-state index is -1.14. The Morgan fingerprint density at radius 3 is 2.43 bits per heavy atom. The zero-order valence-electron chi connectivity index (χ0n) is 3.49. The molecule has 0 aliphatic carbocycles. The molecule has 4 heteroatoms. The van der Waals surface area contributed by atoms with Crippen LogP contribution in [0.2, 0.25) is 0 Å². The molecule has 7 heavy (non-hydrogen) atoms. The van der Waals surface area contributed by atoms with E-state index in [2.05, 4.69) is 6.08 Å². The zero-order chi connectivity index (χ0) is 5.33. The lowest BCUT2D eigenvalue weighted by Gasteiger charge is -1.88. The van der Waals surface area contributed by atoms with Crippen LogP contribution in [0.15, 0.2) is 11.5 Å². The molecule has 0 nitrogen and oxygen atoms in total. The van der Waals surface area contributed by atoms with Crippen molar-refractivity contribution >= 4 is 39.3 Å². The van der Waals surface area contributed by atoms with E-state index < -0.39 is 6.18 Å². The van der Waals surface area contributed by atoms with Gasteiger partial charge >= 0.3 is 0 Å². The smallest absolute Gasteiger partial charge is 0.0234 e. The molecule has 0 saturated carbocycles. The van der Waals surface area contributed by atoms with Gasteiger partial charge in [0.2, 0.25) is 0 Å². The SMILES string of the molecule is S=S1(=S)C=CCS1. The summed E-state index contributed by atoms with van der Waals surface area (Å²) in [4.78, 5) is 0. The summed E-state index contributed by atoms with van der Waals surface area (Å²) >= 11 is 9.97. The molecule has 0 aromatic carbocycles. The molecule has 0 atom stereocenters. The first-order valence-electron chi connectivity index (χ1n) is 1.77. The molecule has 0 radical (unpaired) electrons. The van der Waals surface area contributed by atoms with E-state index in [1.165, 1.54) is 0 Å². The largest absolute Gasteiger partial charge is 0.0778 e. The highest BCUT2D eigenvalue weighted by Gasteiger charge is 2.00. The van der Waals surface area contributed by atoms with Crippen molar-refractivity contribution in [1.82, 2.24) is 0 Å². The van der Waals surface area contributed by atoms with Crippen molar-refractivity contribution in [1.29, 1.82) is 0 Å². The van der Waals surface area contributed by atoms with Crippen molar-refractivity contribution in [2.24, 2.45) is 0 Å². The maximum Gasteiger partial charge on any atom is 0.0234 e. The molecule has 0 N–H and O–H groups in total. The van der Waals surface area contributed by atoms with Crippen molar-refractivity contribution in [2.75, 3.05) is 5.75 Å². The van der Waals surface area contributed by atoms with E-state index in [0.717, 1.165) is 5.75 Å². The van der Waals surface area contributed by atoms with Crippen LogP contribution in [0, 0.1) is 0 Å². The Hall–Kier alpha value is 0.880. The molecule has 0 saturated heterocycles. The van der Waals surface area contributed by atoms with Gasteiger partial charge in [0, 0.05) is 5.75 Å². The summed E-state index contributed by atoms with van der Waals surface area (Å²) in [6, 6.07) is 0. The Morgan fingerprint density at radius 2 is 2.29 bits per heavy atom. The lowest BCUT2D eigenvalue weighted by Crippen LogP contribution is -1.71. The van der Waals surface area contributed by atoms with Crippen LogP contribution in [0.25, 0.3) is 0 Å². The van der Waals surface area contributed by atoms with Gasteiger partial charge < -0.3 is 0 Å². The third-order valence-corrected chi connectivity index (χ3v) is 5.90. The lowest BCUT2D eigenvalue weighted by molar-refractivity contribution is 1.84. The van der Waals surface area contributed by atoms with Gasteiger partial charge in [0.1, 0.15) is 0 Å². The van der Waals surface area contributed by atoms with Gasteiger partial charge in [-0.05, 0) is 34.0 Å². The highest BCUT2D eigenvalue weighted by Crippen LogP contribution is 2.21. The van der Waals surface area contributed by atoms with E-state index in [-0.39, 0.29) is 0 Å². The molecule has 0 bridgehead atoms. The third-order valence-electron chi connectivity index (χ3n) is 0.591. The van der Waals surface area contributed by atoms with Crippen LogP contribution >= 0.6 is 10.8 Å². The Morgan fingerprint density at radius 1 is 1.57 bits per heavy atom. The Balaban J connectivity index is 2.99. The van der Waals surface area contributed by atoms with Crippen LogP contribution in [0.3, 0.4) is 0 Å². The molecule has 0 aromatic rings. The van der Waals surface area contributed by atoms with Crippen molar-refractivity contribution in [2.45, 2.75) is 0 Å². The summed E-state index contributed by atoms with van der Waals surface area (Å²) in [5, 5.41) is 1.97. The van der Waals surface area contributed by atoms with Gasteiger partial charge in [-0.25, -0.2) is 0 Å². The predicted octanol–water partition coefficient (Wildman–Crippen LogP) is 1.24. The summed E-state index contributed by atoms with van der Waals surface area (Å²) in [5.41, 5.74) is 0. The Kier molecular flexibility index (Phi) is 1.72. The Labute approximate surface area is 56.6 Å². The summed E-state index contributed by atoms with van der Waals surface area (Å²) in [5.74, 6) is 1.03. The van der Waals surface area contributed by atoms with Crippen LogP contribution in [-0.4, -0.2) is 5.75 Å². The van der Waals surface area contributed by atoms with Gasteiger partial charge in [-0.3, -0.25) is 0 Å². The highest BCUT2D eigenvalue weighted by molar-refractivity contribution is 8.99. The molecule has 0 fully saturated rings. The average molecular weight is 168 g/mol. The standard InChI is InChI=1S/C3H4S4/c4-7(5)3-1-2-6-7/h1,3H,2H2. The maximum atomic E-state index is 4.98. The minimum Gasteiger partial charge on any atom is -0.0778 e. The van der Waals surface area contributed by atoms with Crippen LogP contribution in [0.4, 0.5) is 0 Å². The maximum absolute atomic E-state index is 4.98. The lowest BCUT2D eigenvalue weighted by atomic mass is 10.8. The average Bonchev–Trinajstić information content (AvgIpc) is 1.84. The molecule has 1 heterocycles. The molecule has 0 spiro atoms. The van der Waals surface area contributed by atoms with Gasteiger partial charge in [-0.15, -0.1) is 0 Å². The van der Waals surface area contributed by atoms with Gasteiger partial charge in [0.25, 0.3) is 0 Å². The first kappa shape index (κ1) is 6.01. The monoisotopic (exact) mass is 168 g/mol. The normalized spacial score (nSPS) is 25.7. The molecular formula is C3H4S4. The summed E-state index contributed by atoms with van der Waals surface area (Å²) in [6.07, 6.45) is 0.912. The van der Waals surface area contributed by atoms with Gasteiger partial charge in [-0.1, -0.05) is 16.9 Å². The quantitative estimate of drug-likeness (QED) is 0.500. The highest BCUT2D eigenvalue weighted by atomic mass is 33.5. The van der Waals surface area contributed by atoms with E-state index >= 15 is 0 Å². The summed E-state index contributed by atoms with van der Waals surface area (Å²) in [6.45, 7) is 0. The van der Waals surface area contributed by atoms with E-state index in [9.17, 15) is 0 Å². The predicted molar refractivity (Wildman–Crippen MR) is 43.7 cm³/mol. The van der Waals surface area contributed by atoms with E-state index in [1.54, 1.807) is 10.8 Å². The van der Waals surface area contributed by atoms with E-state index in [4.69, 9.17) is 22.4 Å². The summed E-state index contributed by atoms with van der Waals surface area (Å²) in [7, 11) is 1.70. The fraction of sp³-hybridized carbons (Fsp3) is 0.333. The Bertz CT molecular complexity index is 173. The molecule has 1 aliphatic rings. The number of hydrogen-bond acceptors (Lipinski definition) is 3. The molecular weight excluding hydrogens is 164 g/mol. The fourth-order valence-corrected chi connectivity index (χ4v) is 3.97. The number of hydrogen-bond donors (Lipinski definition) is 0. The molecule has 1 aliphatic heterocycles. The van der Waals surface area contributed by atoms with Gasteiger partial charge in [-0.2, -0.15) is 0 Å². The van der Waals surface area contributed by atoms with E-state index in [1.807, 2.05) is 5.41 Å². The molecule has 0 amide bonds. The fourth-order valence-electron chi connectivity index (χ4n) is 0.331. The minimum absolute atomic E-state index is 1.03. The second-order valence-corrected chi connectivity index (χ2v) is 10.3. The first-order chi connectivity index (χ1) is 3.21. The van der Waals surface area contributed by atoms with Gasteiger partial charge in [0.05, 0.1) is 0 Å². The van der Waals surface area contributed by atoms with Crippen molar-refractivity contribution in [3.63, 3.8) is 0 Å². The van der Waals surface area contributed by atoms with Crippen LogP contribution < -0.4 is 0 Å². The molecule has 0 unspecified atom stereocenters. The van der Waals surface area contributed by atoms with Crippen molar-refractivity contribution in [3.05, 3.63) is 11.5 Å². The second kappa shape index (κ2) is 2.01. The van der Waals surface area contributed by atoms with Gasteiger partial charge in [0.15, 0.2) is 0 Å². The molecule has 1 rings (SSSR count). The number of rotatable bonds is 0. The topological polar surface area (TPSA) is 0 Å². The van der Waals surface area contributed by atoms with E-state index in [0.29, 0.717) is 0 Å². The van der Waals surface area contributed by atoms with Crippen LogP contribution in [0.1, 0.15) is 0 Å². The van der Waals surface area contributed by atoms with Crippen molar-refractivity contribution in [3.8, 4) is 0 Å². The summed E-state index contributed by atoms with van der Waals surface area (Å²) < 4.78 is 0. The molecule has 0 aromatic heterocycles. The van der Waals surface area contributed by atoms with Crippen LogP contribution in [-0.2, 0) is 28.6 Å². The first-order valence-corrected chi connectivity index (χ1v) is 6.81.